The van der Waals surface area contributed by atoms with Crippen molar-refractivity contribution in [3.8, 4) is 5.75 Å². The fourth-order valence-corrected chi connectivity index (χ4v) is 3.57. The molecule has 0 amide bonds. The Hall–Kier alpha value is -2.03. The van der Waals surface area contributed by atoms with Gasteiger partial charge in [0.25, 0.3) is 0 Å². The Kier molecular flexibility index (Phi) is 4.85. The number of hydrogen-bond donors (Lipinski definition) is 0. The Labute approximate surface area is 139 Å². The van der Waals surface area contributed by atoms with E-state index in [9.17, 15) is 0 Å². The Balaban J connectivity index is 1.89. The molecule has 3 rings (SSSR count). The number of methoxy groups -OCH3 is 1. The van der Waals surface area contributed by atoms with Gasteiger partial charge in [-0.25, -0.2) is 4.98 Å². The van der Waals surface area contributed by atoms with Crippen molar-refractivity contribution in [2.75, 3.05) is 7.11 Å². The van der Waals surface area contributed by atoms with Crippen LogP contribution in [0.15, 0.2) is 30.1 Å². The summed E-state index contributed by atoms with van der Waals surface area (Å²) in [6.07, 6.45) is 12.1. The molecule has 0 fully saturated rings. The molecule has 0 spiro atoms. The number of allylic oxidation sites excluding steroid dienone is 1. The lowest BCUT2D eigenvalue weighted by Gasteiger charge is -2.21. The summed E-state index contributed by atoms with van der Waals surface area (Å²) in [4.78, 5) is 4.41. The van der Waals surface area contributed by atoms with E-state index in [-0.39, 0.29) is 0 Å². The summed E-state index contributed by atoms with van der Waals surface area (Å²) in [7, 11) is 1.77. The van der Waals surface area contributed by atoms with Crippen LogP contribution in [0, 0.1) is 0 Å². The van der Waals surface area contributed by atoms with Gasteiger partial charge in [-0.2, -0.15) is 0 Å². The van der Waals surface area contributed by atoms with E-state index in [0.29, 0.717) is 0 Å². The Morgan fingerprint density at radius 2 is 2.04 bits per heavy atom. The molecule has 1 aliphatic rings. The second-order valence-electron chi connectivity index (χ2n) is 6.34. The van der Waals surface area contributed by atoms with Crippen LogP contribution in [0.3, 0.4) is 0 Å². The number of aromatic nitrogens is 2. The highest BCUT2D eigenvalue weighted by molar-refractivity contribution is 5.61. The van der Waals surface area contributed by atoms with Crippen LogP contribution in [0.25, 0.3) is 6.08 Å². The minimum atomic E-state index is 0.907. The van der Waals surface area contributed by atoms with E-state index in [2.05, 4.69) is 47.8 Å². The smallest absolute Gasteiger partial charge is 0.122 e. The van der Waals surface area contributed by atoms with Crippen LogP contribution in [0.1, 0.15) is 49.2 Å². The first-order chi connectivity index (χ1) is 11.2. The van der Waals surface area contributed by atoms with Crippen LogP contribution in [-0.4, -0.2) is 16.7 Å². The predicted molar refractivity (Wildman–Crippen MR) is 94.9 cm³/mol. The van der Waals surface area contributed by atoms with Crippen LogP contribution < -0.4 is 4.74 Å². The number of fused-ring (bicyclic) bond motifs is 1. The molecule has 0 radical (unpaired) electrons. The van der Waals surface area contributed by atoms with Gasteiger partial charge >= 0.3 is 0 Å². The standard InChI is InChI=1S/C20H26N2O/c1-4-20-21-11-12-22(20)14-15(2)13-16-9-10-19(23-3)18-8-6-5-7-17(16)18/h9-13H,4-8,14H2,1-3H3/b15-13+. The topological polar surface area (TPSA) is 27.1 Å². The number of benzene rings is 1. The number of nitrogens with zero attached hydrogens (tertiary/aromatic N) is 2. The first-order valence-corrected chi connectivity index (χ1v) is 8.58. The number of ether oxygens (including phenoxy) is 1. The molecule has 0 atom stereocenters. The molecule has 1 aliphatic carbocycles. The van der Waals surface area contributed by atoms with Crippen LogP contribution in [0.2, 0.25) is 0 Å². The highest BCUT2D eigenvalue weighted by Crippen LogP contribution is 2.33. The number of hydrogen-bond acceptors (Lipinski definition) is 2. The summed E-state index contributed by atoms with van der Waals surface area (Å²) in [6, 6.07) is 4.33. The maximum Gasteiger partial charge on any atom is 0.122 e. The predicted octanol–water partition coefficient (Wildman–Crippen LogP) is 4.44. The van der Waals surface area contributed by atoms with Gasteiger partial charge in [-0.1, -0.05) is 24.6 Å². The molecule has 0 saturated carbocycles. The highest BCUT2D eigenvalue weighted by Gasteiger charge is 2.16. The highest BCUT2D eigenvalue weighted by atomic mass is 16.5. The second-order valence-corrected chi connectivity index (χ2v) is 6.34. The normalized spacial score (nSPS) is 14.7. The molecule has 2 aromatic rings. The van der Waals surface area contributed by atoms with E-state index in [0.717, 1.165) is 37.4 Å². The Morgan fingerprint density at radius 3 is 2.78 bits per heavy atom. The summed E-state index contributed by atoms with van der Waals surface area (Å²) >= 11 is 0. The molecule has 0 bridgehead atoms. The first-order valence-electron chi connectivity index (χ1n) is 8.58. The van der Waals surface area contributed by atoms with E-state index in [1.54, 1.807) is 7.11 Å². The zero-order valence-corrected chi connectivity index (χ0v) is 14.4. The minimum Gasteiger partial charge on any atom is -0.496 e. The molecule has 1 aromatic carbocycles. The molecule has 122 valence electrons. The second kappa shape index (κ2) is 7.03. The van der Waals surface area contributed by atoms with Crippen LogP contribution >= 0.6 is 0 Å². The zero-order valence-electron chi connectivity index (χ0n) is 14.4. The third kappa shape index (κ3) is 3.34. The van der Waals surface area contributed by atoms with Crippen LogP contribution in [0.4, 0.5) is 0 Å². The van der Waals surface area contributed by atoms with Gasteiger partial charge in [-0.05, 0) is 55.4 Å². The lowest BCUT2D eigenvalue weighted by Crippen LogP contribution is -2.07. The van der Waals surface area contributed by atoms with Crippen molar-refractivity contribution in [1.29, 1.82) is 0 Å². The third-order valence-corrected chi connectivity index (χ3v) is 4.69. The molecule has 1 heterocycles. The molecule has 3 heteroatoms. The number of imidazole rings is 1. The monoisotopic (exact) mass is 310 g/mol. The summed E-state index contributed by atoms with van der Waals surface area (Å²) < 4.78 is 7.79. The maximum atomic E-state index is 5.56. The first kappa shape index (κ1) is 15.9. The van der Waals surface area contributed by atoms with E-state index < -0.39 is 0 Å². The zero-order chi connectivity index (χ0) is 16.2. The average Bonchev–Trinajstić information content (AvgIpc) is 3.02. The Bertz CT molecular complexity index is 712. The SMILES string of the molecule is CCc1nccn1C/C(C)=C/c1ccc(OC)c2c1CCCC2. The quantitative estimate of drug-likeness (QED) is 0.816. The summed E-state index contributed by atoms with van der Waals surface area (Å²) in [5, 5.41) is 0. The molecule has 3 nitrogen and oxygen atoms in total. The maximum absolute atomic E-state index is 5.56. The van der Waals surface area contributed by atoms with Gasteiger partial charge < -0.3 is 9.30 Å². The van der Waals surface area contributed by atoms with Gasteiger partial charge in [-0.15, -0.1) is 0 Å². The molecule has 0 unspecified atom stereocenters. The average molecular weight is 310 g/mol. The van der Waals surface area contributed by atoms with Crippen LogP contribution in [-0.2, 0) is 25.8 Å². The van der Waals surface area contributed by atoms with E-state index in [1.165, 1.54) is 35.1 Å². The van der Waals surface area contributed by atoms with Gasteiger partial charge in [0.15, 0.2) is 0 Å². The van der Waals surface area contributed by atoms with Crippen LogP contribution in [0.5, 0.6) is 5.75 Å². The summed E-state index contributed by atoms with van der Waals surface area (Å²) in [5.74, 6) is 2.20. The lowest BCUT2D eigenvalue weighted by atomic mass is 9.87. The van der Waals surface area contributed by atoms with Crippen molar-refractivity contribution in [2.24, 2.45) is 0 Å². The van der Waals surface area contributed by atoms with Crippen molar-refractivity contribution in [1.82, 2.24) is 9.55 Å². The van der Waals surface area contributed by atoms with Gasteiger partial charge in [0.1, 0.15) is 11.6 Å². The van der Waals surface area contributed by atoms with Gasteiger partial charge in [0, 0.05) is 25.4 Å². The summed E-state index contributed by atoms with van der Waals surface area (Å²) in [5.41, 5.74) is 5.61. The minimum absolute atomic E-state index is 0.907. The molecule has 1 aromatic heterocycles. The van der Waals surface area contributed by atoms with Crippen molar-refractivity contribution in [3.63, 3.8) is 0 Å². The fraction of sp³-hybridized carbons (Fsp3) is 0.450. The van der Waals surface area contributed by atoms with Crippen molar-refractivity contribution < 1.29 is 4.74 Å². The lowest BCUT2D eigenvalue weighted by molar-refractivity contribution is 0.406. The molecular weight excluding hydrogens is 284 g/mol. The van der Waals surface area contributed by atoms with Gasteiger partial charge in [-0.3, -0.25) is 0 Å². The van der Waals surface area contributed by atoms with E-state index >= 15 is 0 Å². The largest absolute Gasteiger partial charge is 0.496 e. The van der Waals surface area contributed by atoms with Gasteiger partial charge in [0.2, 0.25) is 0 Å². The van der Waals surface area contributed by atoms with E-state index in [4.69, 9.17) is 4.74 Å². The number of rotatable bonds is 5. The van der Waals surface area contributed by atoms with Crippen molar-refractivity contribution in [3.05, 3.63) is 52.6 Å². The Morgan fingerprint density at radius 1 is 1.26 bits per heavy atom. The molecule has 0 saturated heterocycles. The fourth-order valence-electron chi connectivity index (χ4n) is 3.57. The third-order valence-electron chi connectivity index (χ3n) is 4.69. The molecule has 0 N–H and O–H groups in total. The summed E-state index contributed by atoms with van der Waals surface area (Å²) in [6.45, 7) is 5.26. The van der Waals surface area contributed by atoms with Gasteiger partial charge in [0.05, 0.1) is 7.11 Å². The molecular formula is C20H26N2O. The molecule has 23 heavy (non-hydrogen) atoms. The number of aryl methyl sites for hydroxylation is 1. The molecule has 0 aliphatic heterocycles. The van der Waals surface area contributed by atoms with Crippen molar-refractivity contribution in [2.45, 2.75) is 52.5 Å². The van der Waals surface area contributed by atoms with E-state index in [1.807, 2.05) is 6.20 Å². The van der Waals surface area contributed by atoms with Crippen molar-refractivity contribution >= 4 is 6.08 Å².